The van der Waals surface area contributed by atoms with Gasteiger partial charge in [-0.25, -0.2) is 0 Å². The Kier molecular flexibility index (Phi) is 4.14. The summed E-state index contributed by atoms with van der Waals surface area (Å²) in [7, 11) is 0. The Bertz CT molecular complexity index is 540. The van der Waals surface area contributed by atoms with Crippen LogP contribution in [0.15, 0.2) is 24.3 Å². The molecule has 0 spiro atoms. The van der Waals surface area contributed by atoms with Crippen molar-refractivity contribution >= 4 is 23.4 Å². The van der Waals surface area contributed by atoms with Gasteiger partial charge in [-0.1, -0.05) is 19.3 Å². The Hall–Kier alpha value is -1.56. The molecule has 1 heterocycles. The average molecular weight is 306 g/mol. The molecule has 1 amide bonds. The number of hydrogen-bond donors (Lipinski definition) is 0. The van der Waals surface area contributed by atoms with Crippen molar-refractivity contribution < 1.29 is 9.72 Å². The Morgan fingerprint density at radius 1 is 1.14 bits per heavy atom. The maximum atomic E-state index is 12.2. The number of rotatable bonds is 3. The van der Waals surface area contributed by atoms with Crippen LogP contribution in [0.25, 0.3) is 0 Å². The quantitative estimate of drug-likeness (QED) is 0.633. The van der Waals surface area contributed by atoms with E-state index in [-0.39, 0.29) is 17.0 Å². The van der Waals surface area contributed by atoms with E-state index in [9.17, 15) is 14.9 Å². The van der Waals surface area contributed by atoms with E-state index in [1.165, 1.54) is 31.4 Å². The number of nitro groups is 1. The van der Waals surface area contributed by atoms with Crippen LogP contribution in [0.2, 0.25) is 0 Å². The lowest BCUT2D eigenvalue weighted by molar-refractivity contribution is -0.384. The molecular formula is C15H18N2O3S. The second kappa shape index (κ2) is 6.05. The van der Waals surface area contributed by atoms with Gasteiger partial charge in [-0.3, -0.25) is 14.9 Å². The van der Waals surface area contributed by atoms with E-state index in [1.54, 1.807) is 23.9 Å². The largest absolute Gasteiger partial charge is 0.323 e. The predicted molar refractivity (Wildman–Crippen MR) is 82.0 cm³/mol. The first kappa shape index (κ1) is 14.4. The number of hydrogen-bond acceptors (Lipinski definition) is 4. The van der Waals surface area contributed by atoms with Crippen LogP contribution in [0.5, 0.6) is 0 Å². The standard InChI is InChI=1S/C15H18N2O3S/c18-14-10-21-15(16(14)12-4-2-1-3-5-12)11-6-8-13(9-7-11)17(19)20/h6-9,12,15H,1-5,10H2/t15-/m0/s1. The third kappa shape index (κ3) is 2.90. The highest BCUT2D eigenvalue weighted by molar-refractivity contribution is 8.00. The minimum atomic E-state index is -0.393. The van der Waals surface area contributed by atoms with Crippen molar-refractivity contribution in [3.63, 3.8) is 0 Å². The minimum absolute atomic E-state index is 0.0152. The molecule has 3 rings (SSSR count). The molecule has 6 heteroatoms. The topological polar surface area (TPSA) is 63.4 Å². The fraction of sp³-hybridized carbons (Fsp3) is 0.533. The molecule has 0 unspecified atom stereocenters. The highest BCUT2D eigenvalue weighted by Gasteiger charge is 2.38. The van der Waals surface area contributed by atoms with Crippen LogP contribution in [0, 0.1) is 10.1 Å². The van der Waals surface area contributed by atoms with Crippen LogP contribution in [0.4, 0.5) is 5.69 Å². The third-order valence-electron chi connectivity index (χ3n) is 4.26. The normalized spacial score (nSPS) is 23.5. The van der Waals surface area contributed by atoms with Crippen LogP contribution in [0.1, 0.15) is 43.0 Å². The van der Waals surface area contributed by atoms with Crippen molar-refractivity contribution in [1.29, 1.82) is 0 Å². The summed E-state index contributed by atoms with van der Waals surface area (Å²) in [6.07, 6.45) is 5.79. The maximum Gasteiger partial charge on any atom is 0.269 e. The highest BCUT2D eigenvalue weighted by Crippen LogP contribution is 2.42. The summed E-state index contributed by atoms with van der Waals surface area (Å²) in [6, 6.07) is 6.95. The summed E-state index contributed by atoms with van der Waals surface area (Å²) in [5.41, 5.74) is 1.08. The van der Waals surface area contributed by atoms with Crippen LogP contribution in [-0.4, -0.2) is 27.5 Å². The summed E-state index contributed by atoms with van der Waals surface area (Å²) in [5.74, 6) is 0.716. The molecule has 1 aliphatic heterocycles. The number of nitrogens with zero attached hydrogens (tertiary/aromatic N) is 2. The monoisotopic (exact) mass is 306 g/mol. The second-order valence-electron chi connectivity index (χ2n) is 5.60. The zero-order chi connectivity index (χ0) is 14.8. The van der Waals surface area contributed by atoms with Gasteiger partial charge in [0.1, 0.15) is 5.37 Å². The summed E-state index contributed by atoms with van der Waals surface area (Å²) in [6.45, 7) is 0. The third-order valence-corrected chi connectivity index (χ3v) is 5.49. The molecule has 1 saturated heterocycles. The Labute approximate surface area is 127 Å². The summed E-state index contributed by atoms with van der Waals surface area (Å²) < 4.78 is 0. The molecule has 5 nitrogen and oxygen atoms in total. The lowest BCUT2D eigenvalue weighted by atomic mass is 9.93. The van der Waals surface area contributed by atoms with Crippen LogP contribution < -0.4 is 0 Å². The molecule has 112 valence electrons. The molecule has 0 bridgehead atoms. The highest BCUT2D eigenvalue weighted by atomic mass is 32.2. The Morgan fingerprint density at radius 3 is 2.43 bits per heavy atom. The molecule has 2 aliphatic rings. The van der Waals surface area contributed by atoms with Gasteiger partial charge in [0, 0.05) is 18.2 Å². The first-order chi connectivity index (χ1) is 10.2. The molecule has 1 atom stereocenters. The first-order valence-electron chi connectivity index (χ1n) is 7.34. The molecule has 0 aromatic heterocycles. The van der Waals surface area contributed by atoms with Gasteiger partial charge in [0.05, 0.1) is 10.7 Å². The lowest BCUT2D eigenvalue weighted by Crippen LogP contribution is -2.39. The van der Waals surface area contributed by atoms with Crippen LogP contribution in [-0.2, 0) is 4.79 Å². The van der Waals surface area contributed by atoms with Crippen molar-refractivity contribution in [3.05, 3.63) is 39.9 Å². The SMILES string of the molecule is O=C1CS[C@@H](c2ccc([N+](=O)[O-])cc2)N1C1CCCCC1. The van der Waals surface area contributed by atoms with Gasteiger partial charge in [-0.05, 0) is 30.5 Å². The second-order valence-corrected chi connectivity index (χ2v) is 6.67. The van der Waals surface area contributed by atoms with E-state index >= 15 is 0 Å². The molecule has 1 aliphatic carbocycles. The lowest BCUT2D eigenvalue weighted by Gasteiger charge is -2.35. The molecular weight excluding hydrogens is 288 g/mol. The van der Waals surface area contributed by atoms with Crippen molar-refractivity contribution in [2.75, 3.05) is 5.75 Å². The molecule has 1 aromatic carbocycles. The molecule has 2 fully saturated rings. The summed E-state index contributed by atoms with van der Waals surface area (Å²) >= 11 is 1.63. The fourth-order valence-electron chi connectivity index (χ4n) is 3.21. The smallest absolute Gasteiger partial charge is 0.269 e. The minimum Gasteiger partial charge on any atom is -0.323 e. The van der Waals surface area contributed by atoms with E-state index in [2.05, 4.69) is 0 Å². The van der Waals surface area contributed by atoms with Crippen molar-refractivity contribution in [2.45, 2.75) is 43.5 Å². The molecule has 21 heavy (non-hydrogen) atoms. The number of benzene rings is 1. The maximum absolute atomic E-state index is 12.2. The van der Waals surface area contributed by atoms with Gasteiger partial charge >= 0.3 is 0 Å². The van der Waals surface area contributed by atoms with Crippen LogP contribution >= 0.6 is 11.8 Å². The zero-order valence-electron chi connectivity index (χ0n) is 11.7. The number of amides is 1. The van der Waals surface area contributed by atoms with E-state index in [0.717, 1.165) is 18.4 Å². The summed E-state index contributed by atoms with van der Waals surface area (Å²) in [4.78, 5) is 24.6. The molecule has 0 radical (unpaired) electrons. The van der Waals surface area contributed by atoms with Crippen molar-refractivity contribution in [1.82, 2.24) is 4.90 Å². The fourth-order valence-corrected chi connectivity index (χ4v) is 4.46. The van der Waals surface area contributed by atoms with Gasteiger partial charge in [0.25, 0.3) is 5.69 Å². The van der Waals surface area contributed by atoms with E-state index < -0.39 is 4.92 Å². The van der Waals surface area contributed by atoms with Gasteiger partial charge in [-0.2, -0.15) is 0 Å². The zero-order valence-corrected chi connectivity index (χ0v) is 12.6. The van der Waals surface area contributed by atoms with Crippen molar-refractivity contribution in [3.8, 4) is 0 Å². The average Bonchev–Trinajstić information content (AvgIpc) is 2.90. The van der Waals surface area contributed by atoms with Gasteiger partial charge in [0.2, 0.25) is 5.91 Å². The number of non-ortho nitro benzene ring substituents is 1. The van der Waals surface area contributed by atoms with E-state index in [4.69, 9.17) is 0 Å². The van der Waals surface area contributed by atoms with Gasteiger partial charge in [-0.15, -0.1) is 11.8 Å². The van der Waals surface area contributed by atoms with E-state index in [0.29, 0.717) is 11.8 Å². The van der Waals surface area contributed by atoms with Gasteiger partial charge in [0.15, 0.2) is 0 Å². The van der Waals surface area contributed by atoms with Crippen molar-refractivity contribution in [2.24, 2.45) is 0 Å². The van der Waals surface area contributed by atoms with Crippen LogP contribution in [0.3, 0.4) is 0 Å². The number of carbonyl (C=O) groups is 1. The predicted octanol–water partition coefficient (Wildman–Crippen LogP) is 3.50. The first-order valence-corrected chi connectivity index (χ1v) is 8.39. The summed E-state index contributed by atoms with van der Waals surface area (Å²) in [5, 5.41) is 10.7. The van der Waals surface area contributed by atoms with E-state index in [1.807, 2.05) is 4.90 Å². The Balaban J connectivity index is 1.82. The molecule has 1 saturated carbocycles. The Morgan fingerprint density at radius 2 is 1.81 bits per heavy atom. The number of carbonyl (C=O) groups excluding carboxylic acids is 1. The number of thioether (sulfide) groups is 1. The molecule has 1 aromatic rings. The van der Waals surface area contributed by atoms with Gasteiger partial charge < -0.3 is 4.90 Å². The number of nitro benzene ring substituents is 1. The molecule has 0 N–H and O–H groups in total.